The molecular formula is C20H24FN5O4S. The van der Waals surface area contributed by atoms with Crippen molar-refractivity contribution in [1.82, 2.24) is 19.5 Å². The summed E-state index contributed by atoms with van der Waals surface area (Å²) in [5, 5.41) is 2.65. The maximum absolute atomic E-state index is 13.2. The van der Waals surface area contributed by atoms with Crippen LogP contribution >= 0.6 is 0 Å². The Hall–Kier alpha value is -2.89. The zero-order valence-corrected chi connectivity index (χ0v) is 17.6. The molecule has 0 spiro atoms. The van der Waals surface area contributed by atoms with Crippen LogP contribution in [0.3, 0.4) is 0 Å². The molecule has 0 saturated carbocycles. The van der Waals surface area contributed by atoms with Gasteiger partial charge in [-0.05, 0) is 30.3 Å². The molecule has 2 N–H and O–H groups in total. The summed E-state index contributed by atoms with van der Waals surface area (Å²) in [6.07, 6.45) is 2.76. The van der Waals surface area contributed by atoms with Gasteiger partial charge in [0.2, 0.25) is 21.8 Å². The van der Waals surface area contributed by atoms with Crippen LogP contribution in [0.4, 0.5) is 10.1 Å². The topological polar surface area (TPSA) is 112 Å². The van der Waals surface area contributed by atoms with Crippen molar-refractivity contribution in [2.24, 2.45) is 0 Å². The molecule has 0 radical (unpaired) electrons. The summed E-state index contributed by atoms with van der Waals surface area (Å²) >= 11 is 0. The van der Waals surface area contributed by atoms with Gasteiger partial charge in [-0.1, -0.05) is 6.07 Å². The van der Waals surface area contributed by atoms with E-state index < -0.39 is 15.8 Å². The fourth-order valence-electron chi connectivity index (χ4n) is 3.17. The molecule has 166 valence electrons. The van der Waals surface area contributed by atoms with E-state index in [9.17, 15) is 22.4 Å². The summed E-state index contributed by atoms with van der Waals surface area (Å²) in [5.41, 5.74) is 0.396. The van der Waals surface area contributed by atoms with E-state index in [2.05, 4.69) is 15.0 Å². The van der Waals surface area contributed by atoms with Crippen molar-refractivity contribution < 1.29 is 22.4 Å². The molecule has 2 amide bonds. The van der Waals surface area contributed by atoms with Gasteiger partial charge in [0.25, 0.3) is 0 Å². The highest BCUT2D eigenvalue weighted by Gasteiger charge is 2.23. The summed E-state index contributed by atoms with van der Waals surface area (Å²) < 4.78 is 39.9. The molecule has 9 nitrogen and oxygen atoms in total. The van der Waals surface area contributed by atoms with Gasteiger partial charge in [0, 0.05) is 57.2 Å². The molecule has 0 atom stereocenters. The number of anilines is 1. The highest BCUT2D eigenvalue weighted by atomic mass is 32.2. The Morgan fingerprint density at radius 3 is 2.55 bits per heavy atom. The Bertz CT molecular complexity index is 1010. The summed E-state index contributed by atoms with van der Waals surface area (Å²) in [5.74, 6) is -0.833. The molecule has 1 saturated heterocycles. The Balaban J connectivity index is 1.38. The van der Waals surface area contributed by atoms with Crippen LogP contribution in [0.15, 0.2) is 53.7 Å². The molecule has 1 aliphatic heterocycles. The van der Waals surface area contributed by atoms with Crippen molar-refractivity contribution >= 4 is 27.5 Å². The minimum absolute atomic E-state index is 0.00762. The molecule has 11 heteroatoms. The molecule has 1 fully saturated rings. The number of sulfonamides is 1. The number of carbonyl (C=O) groups is 2. The van der Waals surface area contributed by atoms with Crippen molar-refractivity contribution in [3.05, 3.63) is 54.6 Å². The number of halogens is 1. The third-order valence-corrected chi connectivity index (χ3v) is 6.22. The lowest BCUT2D eigenvalue weighted by Gasteiger charge is -2.34. The third kappa shape index (κ3) is 6.81. The predicted octanol–water partition coefficient (Wildman–Crippen LogP) is 0.672. The average Bonchev–Trinajstić information content (AvgIpc) is 2.74. The van der Waals surface area contributed by atoms with E-state index in [1.165, 1.54) is 42.7 Å². The van der Waals surface area contributed by atoms with E-state index >= 15 is 0 Å². The zero-order valence-electron chi connectivity index (χ0n) is 16.8. The first-order chi connectivity index (χ1) is 14.8. The maximum Gasteiger partial charge on any atom is 0.242 e. The van der Waals surface area contributed by atoms with Gasteiger partial charge >= 0.3 is 0 Å². The maximum atomic E-state index is 13.2. The van der Waals surface area contributed by atoms with Crippen LogP contribution < -0.4 is 10.0 Å². The number of amides is 2. The van der Waals surface area contributed by atoms with Gasteiger partial charge in [-0.3, -0.25) is 19.5 Å². The second kappa shape index (κ2) is 10.4. The van der Waals surface area contributed by atoms with Crippen molar-refractivity contribution in [3.8, 4) is 0 Å². The predicted molar refractivity (Wildman–Crippen MR) is 112 cm³/mol. The van der Waals surface area contributed by atoms with Gasteiger partial charge in [0.15, 0.2) is 0 Å². The van der Waals surface area contributed by atoms with Crippen LogP contribution in [-0.4, -0.2) is 74.3 Å². The molecule has 2 aromatic rings. The monoisotopic (exact) mass is 449 g/mol. The number of piperazine rings is 1. The van der Waals surface area contributed by atoms with Crippen LogP contribution in [0.5, 0.6) is 0 Å². The third-order valence-electron chi connectivity index (χ3n) is 4.78. The van der Waals surface area contributed by atoms with E-state index in [-0.39, 0.29) is 36.2 Å². The summed E-state index contributed by atoms with van der Waals surface area (Å²) in [4.78, 5) is 31.9. The summed E-state index contributed by atoms with van der Waals surface area (Å²) in [7, 11) is -3.70. The second-order valence-corrected chi connectivity index (χ2v) is 8.82. The Labute approximate surface area is 180 Å². The van der Waals surface area contributed by atoms with Crippen LogP contribution in [0.1, 0.15) is 6.42 Å². The molecule has 1 aromatic carbocycles. The number of nitrogens with one attached hydrogen (secondary N) is 2. The van der Waals surface area contributed by atoms with E-state index in [1.807, 2.05) is 4.90 Å². The number of benzene rings is 1. The van der Waals surface area contributed by atoms with Gasteiger partial charge in [-0.25, -0.2) is 17.5 Å². The second-order valence-electron chi connectivity index (χ2n) is 7.05. The number of rotatable bonds is 8. The summed E-state index contributed by atoms with van der Waals surface area (Å²) in [6.45, 7) is 2.06. The minimum atomic E-state index is -3.70. The van der Waals surface area contributed by atoms with E-state index in [4.69, 9.17) is 0 Å². The lowest BCUT2D eigenvalue weighted by atomic mass is 10.2. The van der Waals surface area contributed by atoms with E-state index in [1.54, 1.807) is 11.0 Å². The van der Waals surface area contributed by atoms with Crippen molar-refractivity contribution in [2.75, 3.05) is 44.6 Å². The molecule has 2 heterocycles. The van der Waals surface area contributed by atoms with Gasteiger partial charge in [0.05, 0.1) is 6.54 Å². The number of hydrogen-bond acceptors (Lipinski definition) is 6. The standard InChI is InChI=1S/C20H24FN5O4S/c21-16-3-1-4-17(13-16)24-19(27)15-25-9-11-26(12-10-25)20(28)6-8-23-31(29,30)18-5-2-7-22-14-18/h1-5,7,13-14,23H,6,8-12,15H2,(H,24,27). The highest BCUT2D eigenvalue weighted by Crippen LogP contribution is 2.10. The van der Waals surface area contributed by atoms with Crippen molar-refractivity contribution in [2.45, 2.75) is 11.3 Å². The molecule has 31 heavy (non-hydrogen) atoms. The van der Waals surface area contributed by atoms with Crippen LogP contribution in [0.25, 0.3) is 0 Å². The lowest BCUT2D eigenvalue weighted by molar-refractivity contribution is -0.132. The number of hydrogen-bond donors (Lipinski definition) is 2. The molecule has 0 unspecified atom stereocenters. The van der Waals surface area contributed by atoms with E-state index in [0.717, 1.165) is 0 Å². The first-order valence-corrected chi connectivity index (χ1v) is 11.3. The first-order valence-electron chi connectivity index (χ1n) is 9.79. The lowest BCUT2D eigenvalue weighted by Crippen LogP contribution is -2.50. The normalized spacial score (nSPS) is 14.9. The van der Waals surface area contributed by atoms with Crippen LogP contribution in [0, 0.1) is 5.82 Å². The van der Waals surface area contributed by atoms with Crippen molar-refractivity contribution in [3.63, 3.8) is 0 Å². The van der Waals surface area contributed by atoms with Gasteiger partial charge < -0.3 is 10.2 Å². The minimum Gasteiger partial charge on any atom is -0.340 e. The number of pyridine rings is 1. The molecular weight excluding hydrogens is 425 g/mol. The quantitative estimate of drug-likeness (QED) is 0.613. The highest BCUT2D eigenvalue weighted by molar-refractivity contribution is 7.89. The number of nitrogens with zero attached hydrogens (tertiary/aromatic N) is 3. The van der Waals surface area contributed by atoms with Gasteiger partial charge in [-0.15, -0.1) is 0 Å². The van der Waals surface area contributed by atoms with Crippen LogP contribution in [-0.2, 0) is 19.6 Å². The zero-order chi connectivity index (χ0) is 22.3. The van der Waals surface area contributed by atoms with E-state index in [0.29, 0.717) is 31.9 Å². The molecule has 1 aromatic heterocycles. The average molecular weight is 450 g/mol. The first kappa shape index (κ1) is 22.8. The largest absolute Gasteiger partial charge is 0.340 e. The van der Waals surface area contributed by atoms with Crippen LogP contribution in [0.2, 0.25) is 0 Å². The Morgan fingerprint density at radius 2 is 1.87 bits per heavy atom. The number of aromatic nitrogens is 1. The van der Waals surface area contributed by atoms with Gasteiger partial charge in [-0.2, -0.15) is 0 Å². The molecule has 0 bridgehead atoms. The fraction of sp³-hybridized carbons (Fsp3) is 0.350. The molecule has 0 aliphatic carbocycles. The summed E-state index contributed by atoms with van der Waals surface area (Å²) in [6, 6.07) is 8.64. The van der Waals surface area contributed by atoms with Gasteiger partial charge in [0.1, 0.15) is 10.7 Å². The Kier molecular flexibility index (Phi) is 7.66. The number of carbonyl (C=O) groups excluding carboxylic acids is 2. The molecule has 1 aliphatic rings. The van der Waals surface area contributed by atoms with Crippen molar-refractivity contribution in [1.29, 1.82) is 0 Å². The fourth-order valence-corrected chi connectivity index (χ4v) is 4.16. The molecule has 3 rings (SSSR count). The SMILES string of the molecule is O=C(CN1CCN(C(=O)CCNS(=O)(=O)c2cccnc2)CC1)Nc1cccc(F)c1. The Morgan fingerprint density at radius 1 is 1.10 bits per heavy atom. The smallest absolute Gasteiger partial charge is 0.242 e.